The van der Waals surface area contributed by atoms with Gasteiger partial charge in [-0.15, -0.1) is 5.46 Å². The molecule has 1 aromatic heterocycles. The first-order valence-electron chi connectivity index (χ1n) is 5.18. The van der Waals surface area contributed by atoms with Crippen molar-refractivity contribution in [3.8, 4) is 0 Å². The van der Waals surface area contributed by atoms with Gasteiger partial charge >= 0.3 is 58.4 Å². The minimum Gasteiger partial charge on any atom is -0.445 e. The van der Waals surface area contributed by atoms with Crippen molar-refractivity contribution in [1.29, 1.82) is 0 Å². The maximum Gasteiger partial charge on any atom is 1.00 e. The number of halogens is 3. The van der Waals surface area contributed by atoms with Crippen LogP contribution < -0.4 is 56.8 Å². The third kappa shape index (κ3) is 3.35. The maximum atomic E-state index is 12.5. The van der Waals surface area contributed by atoms with Crippen LogP contribution in [0.5, 0.6) is 0 Å². The summed E-state index contributed by atoms with van der Waals surface area (Å²) in [5, 5.41) is 4.61. The van der Waals surface area contributed by atoms with Crippen LogP contribution in [0.3, 0.4) is 0 Å². The van der Waals surface area contributed by atoms with E-state index in [9.17, 15) is 12.9 Å². The minimum absolute atomic E-state index is 0. The van der Waals surface area contributed by atoms with E-state index < -0.39 is 12.4 Å². The van der Waals surface area contributed by atoms with E-state index in [1.54, 1.807) is 4.68 Å². The summed E-state index contributed by atoms with van der Waals surface area (Å²) in [7, 11) is 0. The van der Waals surface area contributed by atoms with E-state index in [0.717, 1.165) is 30.6 Å². The van der Waals surface area contributed by atoms with Crippen LogP contribution in [0.15, 0.2) is 24.4 Å². The van der Waals surface area contributed by atoms with E-state index >= 15 is 0 Å². The third-order valence-electron chi connectivity index (χ3n) is 2.48. The van der Waals surface area contributed by atoms with Gasteiger partial charge in [-0.1, -0.05) is 19.1 Å². The molecule has 0 aliphatic rings. The molecule has 1 heterocycles. The summed E-state index contributed by atoms with van der Waals surface area (Å²) in [5.74, 6) is 0. The van der Waals surface area contributed by atoms with Crippen LogP contribution >= 0.6 is 0 Å². The molecule has 0 spiro atoms. The van der Waals surface area contributed by atoms with Crippen LogP contribution in [0, 0.1) is 0 Å². The first-order valence-corrected chi connectivity index (χ1v) is 5.18. The van der Waals surface area contributed by atoms with Crippen molar-refractivity contribution in [2.75, 3.05) is 0 Å². The molecular weight excluding hydrogens is 255 g/mol. The molecule has 2 nitrogen and oxygen atoms in total. The third-order valence-corrected chi connectivity index (χ3v) is 2.48. The van der Waals surface area contributed by atoms with Gasteiger partial charge in [0.2, 0.25) is 0 Å². The molecule has 2 rings (SSSR count). The van der Waals surface area contributed by atoms with Gasteiger partial charge in [-0.05, 0) is 12.5 Å². The van der Waals surface area contributed by atoms with Gasteiger partial charge in [0.25, 0.3) is 0 Å². The number of nitrogens with zero attached hydrogens (tertiary/aromatic N) is 2. The van der Waals surface area contributed by atoms with Crippen LogP contribution in [0.4, 0.5) is 12.9 Å². The van der Waals surface area contributed by atoms with E-state index in [-0.39, 0.29) is 51.4 Å². The number of fused-ring (bicyclic) bond motifs is 1. The molecule has 0 amide bonds. The van der Waals surface area contributed by atoms with E-state index in [2.05, 4.69) is 5.10 Å². The van der Waals surface area contributed by atoms with Crippen LogP contribution in [0.25, 0.3) is 10.9 Å². The Bertz CT molecular complexity index is 510. The molecule has 0 unspecified atom stereocenters. The Morgan fingerprint density at radius 3 is 2.59 bits per heavy atom. The number of benzene rings is 1. The Kier molecular flexibility index (Phi) is 5.27. The van der Waals surface area contributed by atoms with E-state index in [4.69, 9.17) is 0 Å². The zero-order valence-corrected chi connectivity index (χ0v) is 13.0. The molecule has 7 heteroatoms. The van der Waals surface area contributed by atoms with Crippen molar-refractivity contribution >= 4 is 23.3 Å². The van der Waals surface area contributed by atoms with Crippen molar-refractivity contribution in [2.45, 2.75) is 19.9 Å². The van der Waals surface area contributed by atoms with Crippen molar-refractivity contribution < 1.29 is 64.3 Å². The molecular formula is C10H11BF3KN2. The Labute approximate surface area is 140 Å². The van der Waals surface area contributed by atoms with E-state index in [0.29, 0.717) is 5.39 Å². The molecule has 0 N–H and O–H groups in total. The molecule has 0 saturated carbocycles. The molecule has 86 valence electrons. The zero-order chi connectivity index (χ0) is 11.8. The van der Waals surface area contributed by atoms with Gasteiger partial charge in [0.15, 0.2) is 0 Å². The largest absolute Gasteiger partial charge is 1.00 e. The first kappa shape index (κ1) is 15.2. The van der Waals surface area contributed by atoms with Gasteiger partial charge in [-0.25, -0.2) is 0 Å². The average Bonchev–Trinajstić information content (AvgIpc) is 2.60. The molecule has 0 atom stereocenters. The summed E-state index contributed by atoms with van der Waals surface area (Å²) in [4.78, 5) is 0. The molecule has 0 radical (unpaired) electrons. The van der Waals surface area contributed by atoms with Crippen molar-refractivity contribution in [2.24, 2.45) is 0 Å². The second kappa shape index (κ2) is 5.88. The molecule has 17 heavy (non-hydrogen) atoms. The summed E-state index contributed by atoms with van der Waals surface area (Å²) in [6.45, 7) is -2.20. The predicted molar refractivity (Wildman–Crippen MR) is 58.7 cm³/mol. The summed E-state index contributed by atoms with van der Waals surface area (Å²) < 4.78 is 39.2. The monoisotopic (exact) mass is 266 g/mol. The van der Waals surface area contributed by atoms with Crippen LogP contribution in [-0.2, 0) is 6.54 Å². The number of aryl methyl sites for hydroxylation is 1. The van der Waals surface area contributed by atoms with Gasteiger partial charge in [-0.3, -0.25) is 4.68 Å². The van der Waals surface area contributed by atoms with Crippen LogP contribution in [0.2, 0.25) is 0 Å². The summed E-state index contributed by atoms with van der Waals surface area (Å²) in [6, 6.07) is 3.77. The fourth-order valence-electron chi connectivity index (χ4n) is 1.70. The number of rotatable bonds is 3. The number of aromatic nitrogens is 2. The molecule has 0 aliphatic carbocycles. The molecule has 0 saturated heterocycles. The number of hydrogen-bond acceptors (Lipinski definition) is 1. The molecule has 2 aromatic rings. The minimum atomic E-state index is -4.92. The van der Waals surface area contributed by atoms with Gasteiger partial charge in [0, 0.05) is 11.9 Å². The first-order chi connectivity index (χ1) is 7.52. The quantitative estimate of drug-likeness (QED) is 0.685. The predicted octanol–water partition coefficient (Wildman–Crippen LogP) is -0.495. The van der Waals surface area contributed by atoms with Gasteiger partial charge in [-0.2, -0.15) is 5.10 Å². The Morgan fingerprint density at radius 1 is 1.29 bits per heavy atom. The van der Waals surface area contributed by atoms with E-state index in [1.807, 2.05) is 6.92 Å². The Hall–Kier alpha value is 0.181. The Morgan fingerprint density at radius 2 is 2.00 bits per heavy atom. The molecule has 0 aliphatic heterocycles. The second-order valence-corrected chi connectivity index (χ2v) is 3.76. The number of hydrogen-bond donors (Lipinski definition) is 0. The SMILES string of the molecule is CCCn1ncc2cc([B-](F)(F)F)ccc21.[K+]. The normalized spacial score (nSPS) is 11.5. The standard InChI is InChI=1S/C10H11BF3N2.K/c1-2-5-16-10-4-3-9(11(12,13)14)6-8(10)7-15-16;/h3-4,6-7H,2,5H2,1H3;/q-1;+1. The van der Waals surface area contributed by atoms with Gasteiger partial charge in [0.05, 0.1) is 11.7 Å². The maximum absolute atomic E-state index is 12.5. The Balaban J connectivity index is 0.00000144. The second-order valence-electron chi connectivity index (χ2n) is 3.76. The van der Waals surface area contributed by atoms with Gasteiger partial charge in [0.1, 0.15) is 0 Å². The van der Waals surface area contributed by atoms with E-state index in [1.165, 1.54) is 12.3 Å². The topological polar surface area (TPSA) is 17.8 Å². The fraction of sp³-hybridized carbons (Fsp3) is 0.300. The molecule has 1 aromatic carbocycles. The van der Waals surface area contributed by atoms with Crippen molar-refractivity contribution in [3.63, 3.8) is 0 Å². The summed E-state index contributed by atoms with van der Waals surface area (Å²) >= 11 is 0. The fourth-order valence-corrected chi connectivity index (χ4v) is 1.70. The van der Waals surface area contributed by atoms with Crippen LogP contribution in [0.1, 0.15) is 13.3 Å². The molecule has 0 fully saturated rings. The van der Waals surface area contributed by atoms with Gasteiger partial charge < -0.3 is 12.9 Å². The zero-order valence-electron chi connectivity index (χ0n) is 9.83. The summed E-state index contributed by atoms with van der Waals surface area (Å²) in [5.41, 5.74) is 0.189. The smallest absolute Gasteiger partial charge is 0.445 e. The van der Waals surface area contributed by atoms with Crippen LogP contribution in [-0.4, -0.2) is 16.8 Å². The van der Waals surface area contributed by atoms with Crippen molar-refractivity contribution in [1.82, 2.24) is 9.78 Å². The average molecular weight is 266 g/mol. The van der Waals surface area contributed by atoms with Crippen molar-refractivity contribution in [3.05, 3.63) is 24.4 Å². The molecule has 0 bridgehead atoms. The summed E-state index contributed by atoms with van der Waals surface area (Å²) in [6.07, 6.45) is 2.39.